The number of rotatable bonds is 4. The van der Waals surface area contributed by atoms with Crippen LogP contribution in [0.1, 0.15) is 20.8 Å². The quantitative estimate of drug-likeness (QED) is 0.347. The van der Waals surface area contributed by atoms with E-state index in [0.717, 1.165) is 0 Å². The fraction of sp³-hybridized carbons (Fsp3) is 0.0588. The SMILES string of the molecule is CN(C(=O)c1cc(Br)nn1-c1ncccc1Cl)c1c(Br)cc(Br)cc1C(=O)Cl. The Morgan fingerprint density at radius 3 is 2.54 bits per heavy atom. The van der Waals surface area contributed by atoms with Gasteiger partial charge in [-0.2, -0.15) is 5.10 Å². The summed E-state index contributed by atoms with van der Waals surface area (Å²) in [5, 5.41) is 3.89. The lowest BCUT2D eigenvalue weighted by atomic mass is 10.1. The molecule has 3 rings (SSSR count). The lowest BCUT2D eigenvalue weighted by Crippen LogP contribution is -2.30. The van der Waals surface area contributed by atoms with E-state index in [1.54, 1.807) is 36.5 Å². The van der Waals surface area contributed by atoms with E-state index >= 15 is 0 Å². The van der Waals surface area contributed by atoms with E-state index in [1.165, 1.54) is 16.6 Å². The number of nitrogens with zero attached hydrogens (tertiary/aromatic N) is 4. The van der Waals surface area contributed by atoms with E-state index in [9.17, 15) is 9.59 Å². The Morgan fingerprint density at radius 1 is 1.18 bits per heavy atom. The largest absolute Gasteiger partial charge is 0.308 e. The first-order valence-electron chi connectivity index (χ1n) is 7.54. The van der Waals surface area contributed by atoms with Crippen molar-refractivity contribution >= 4 is 87.8 Å². The molecule has 3 aromatic rings. The Bertz CT molecular complexity index is 1100. The molecule has 0 fully saturated rings. The summed E-state index contributed by atoms with van der Waals surface area (Å²) in [4.78, 5) is 30.7. The second-order valence-electron chi connectivity index (χ2n) is 5.49. The number of halogens is 5. The molecule has 28 heavy (non-hydrogen) atoms. The molecule has 0 N–H and O–H groups in total. The highest BCUT2D eigenvalue weighted by atomic mass is 79.9. The van der Waals surface area contributed by atoms with Crippen LogP contribution in [0.2, 0.25) is 5.02 Å². The Hall–Kier alpha value is -1.26. The van der Waals surface area contributed by atoms with Gasteiger partial charge in [0.25, 0.3) is 11.1 Å². The fourth-order valence-electron chi connectivity index (χ4n) is 2.53. The van der Waals surface area contributed by atoms with Crippen LogP contribution in [0.4, 0.5) is 5.69 Å². The van der Waals surface area contributed by atoms with Crippen LogP contribution in [0.25, 0.3) is 5.82 Å². The predicted octanol–water partition coefficient (Wildman–Crippen LogP) is 5.86. The van der Waals surface area contributed by atoms with E-state index in [2.05, 4.69) is 57.9 Å². The third-order valence-corrected chi connectivity index (χ3v) is 5.67. The van der Waals surface area contributed by atoms with E-state index in [0.29, 0.717) is 30.1 Å². The zero-order valence-corrected chi connectivity index (χ0v) is 20.2. The first-order chi connectivity index (χ1) is 13.2. The van der Waals surface area contributed by atoms with E-state index in [1.807, 2.05) is 0 Å². The van der Waals surface area contributed by atoms with Gasteiger partial charge in [-0.25, -0.2) is 9.67 Å². The normalized spacial score (nSPS) is 10.8. The number of carbonyl (C=O) groups is 2. The number of anilines is 1. The molecule has 0 saturated heterocycles. The first kappa shape index (κ1) is 21.4. The van der Waals surface area contributed by atoms with Crippen LogP contribution in [0.5, 0.6) is 0 Å². The van der Waals surface area contributed by atoms with Gasteiger partial charge in [-0.05, 0) is 67.7 Å². The lowest BCUT2D eigenvalue weighted by Gasteiger charge is -2.21. The Labute approximate surface area is 195 Å². The summed E-state index contributed by atoms with van der Waals surface area (Å²) >= 11 is 21.9. The van der Waals surface area contributed by atoms with Crippen molar-refractivity contribution in [2.24, 2.45) is 0 Å². The van der Waals surface area contributed by atoms with Crippen molar-refractivity contribution in [1.29, 1.82) is 0 Å². The van der Waals surface area contributed by atoms with Crippen molar-refractivity contribution in [3.8, 4) is 5.82 Å². The molecule has 0 unspecified atom stereocenters. The molecule has 2 heterocycles. The van der Waals surface area contributed by atoms with Crippen molar-refractivity contribution in [2.75, 3.05) is 11.9 Å². The molecule has 6 nitrogen and oxygen atoms in total. The summed E-state index contributed by atoms with van der Waals surface area (Å²) in [6.07, 6.45) is 1.55. The van der Waals surface area contributed by atoms with Crippen LogP contribution >= 0.6 is 71.0 Å². The van der Waals surface area contributed by atoms with Gasteiger partial charge in [-0.15, -0.1) is 0 Å². The van der Waals surface area contributed by atoms with Crippen molar-refractivity contribution in [3.63, 3.8) is 0 Å². The second kappa shape index (κ2) is 8.62. The molecular formula is C17H9Br3Cl2N4O2. The number of hydrogen-bond donors (Lipinski definition) is 0. The molecule has 0 bridgehead atoms. The molecule has 11 heteroatoms. The van der Waals surface area contributed by atoms with Gasteiger partial charge < -0.3 is 4.90 Å². The fourth-order valence-corrected chi connectivity index (χ4v) is 4.74. The Kier molecular flexibility index (Phi) is 6.61. The van der Waals surface area contributed by atoms with Gasteiger partial charge in [0.1, 0.15) is 10.3 Å². The summed E-state index contributed by atoms with van der Waals surface area (Å²) in [6, 6.07) is 8.12. The van der Waals surface area contributed by atoms with Crippen molar-refractivity contribution in [1.82, 2.24) is 14.8 Å². The molecule has 0 saturated carbocycles. The molecule has 0 aliphatic heterocycles. The average molecular weight is 612 g/mol. The summed E-state index contributed by atoms with van der Waals surface area (Å²) < 4.78 is 2.92. The highest BCUT2D eigenvalue weighted by Gasteiger charge is 2.26. The molecule has 144 valence electrons. The predicted molar refractivity (Wildman–Crippen MR) is 119 cm³/mol. The molecule has 2 aromatic heterocycles. The summed E-state index contributed by atoms with van der Waals surface area (Å²) in [5.74, 6) is -0.141. The highest BCUT2D eigenvalue weighted by Crippen LogP contribution is 2.35. The number of pyridine rings is 1. The minimum Gasteiger partial charge on any atom is -0.308 e. The van der Waals surface area contributed by atoms with Crippen LogP contribution in [0.3, 0.4) is 0 Å². The summed E-state index contributed by atoms with van der Waals surface area (Å²) in [6.45, 7) is 0. The van der Waals surface area contributed by atoms with Gasteiger partial charge in [-0.1, -0.05) is 27.5 Å². The number of aromatic nitrogens is 3. The minimum atomic E-state index is -0.695. The maximum atomic E-state index is 13.3. The van der Waals surface area contributed by atoms with Gasteiger partial charge >= 0.3 is 0 Å². The molecule has 0 spiro atoms. The van der Waals surface area contributed by atoms with Crippen LogP contribution in [-0.2, 0) is 0 Å². The number of carbonyl (C=O) groups excluding carboxylic acids is 2. The van der Waals surface area contributed by atoms with Crippen LogP contribution < -0.4 is 4.90 Å². The third-order valence-electron chi connectivity index (χ3n) is 3.72. The Balaban J connectivity index is 2.13. The topological polar surface area (TPSA) is 68.1 Å². The first-order valence-corrected chi connectivity index (χ1v) is 10.7. The number of benzene rings is 1. The van der Waals surface area contributed by atoms with Gasteiger partial charge in [-0.3, -0.25) is 9.59 Å². The summed E-state index contributed by atoms with van der Waals surface area (Å²) in [5.41, 5.74) is 0.682. The zero-order valence-electron chi connectivity index (χ0n) is 14.0. The zero-order chi connectivity index (χ0) is 20.6. The maximum Gasteiger partial charge on any atom is 0.276 e. The standard InChI is InChI=1S/C17H9Br3Cl2N4O2/c1-25(14-9(15(22)27)5-8(18)6-10(14)19)17(28)12-7-13(20)24-26(12)16-11(21)3-2-4-23-16/h2-7H,1H3. The second-order valence-corrected chi connectivity index (χ2v) is 8.83. The smallest absolute Gasteiger partial charge is 0.276 e. The van der Waals surface area contributed by atoms with E-state index < -0.39 is 11.1 Å². The van der Waals surface area contributed by atoms with E-state index in [4.69, 9.17) is 23.2 Å². The Morgan fingerprint density at radius 2 is 1.89 bits per heavy atom. The highest BCUT2D eigenvalue weighted by molar-refractivity contribution is 9.11. The van der Waals surface area contributed by atoms with Crippen LogP contribution in [0.15, 0.2) is 50.1 Å². The summed E-state index contributed by atoms with van der Waals surface area (Å²) in [7, 11) is 1.53. The van der Waals surface area contributed by atoms with Crippen molar-refractivity contribution < 1.29 is 9.59 Å². The minimum absolute atomic E-state index is 0.166. The molecule has 1 aromatic carbocycles. The number of hydrogen-bond acceptors (Lipinski definition) is 4. The molecule has 0 radical (unpaired) electrons. The van der Waals surface area contributed by atoms with Crippen molar-refractivity contribution in [3.05, 3.63) is 66.4 Å². The van der Waals surface area contributed by atoms with E-state index in [-0.39, 0.29) is 11.3 Å². The van der Waals surface area contributed by atoms with Gasteiger partial charge in [0.15, 0.2) is 5.82 Å². The average Bonchev–Trinajstić information content (AvgIpc) is 3.01. The molecule has 1 amide bonds. The lowest BCUT2D eigenvalue weighted by molar-refractivity contribution is 0.0985. The van der Waals surface area contributed by atoms with Crippen LogP contribution in [-0.4, -0.2) is 33.0 Å². The van der Waals surface area contributed by atoms with Gasteiger partial charge in [0.2, 0.25) is 0 Å². The number of amides is 1. The van der Waals surface area contributed by atoms with Gasteiger partial charge in [0, 0.05) is 28.3 Å². The van der Waals surface area contributed by atoms with Gasteiger partial charge in [0.05, 0.1) is 16.3 Å². The van der Waals surface area contributed by atoms with Crippen molar-refractivity contribution in [2.45, 2.75) is 0 Å². The molecule has 0 aliphatic carbocycles. The van der Waals surface area contributed by atoms with Crippen LogP contribution in [0, 0.1) is 0 Å². The molecule has 0 aliphatic rings. The monoisotopic (exact) mass is 608 g/mol. The third kappa shape index (κ3) is 4.18. The maximum absolute atomic E-state index is 13.3. The molecule has 0 atom stereocenters. The molecular weight excluding hydrogens is 603 g/mol.